The Kier molecular flexibility index (Phi) is 4.60. The van der Waals surface area contributed by atoms with Crippen LogP contribution in [0.15, 0.2) is 17.0 Å². The maximum Gasteiger partial charge on any atom is 0.244 e. The highest BCUT2D eigenvalue weighted by Gasteiger charge is 2.23. The monoisotopic (exact) mass is 286 g/mol. The zero-order valence-corrected chi connectivity index (χ0v) is 12.9. The molecular formula is C13H22N2O3S. The summed E-state index contributed by atoms with van der Waals surface area (Å²) in [6.07, 6.45) is 0. The smallest absolute Gasteiger partial charge is 0.244 e. The van der Waals surface area contributed by atoms with Gasteiger partial charge in [0.05, 0.1) is 7.11 Å². The van der Waals surface area contributed by atoms with Gasteiger partial charge in [0.25, 0.3) is 0 Å². The van der Waals surface area contributed by atoms with Crippen molar-refractivity contribution in [3.05, 3.63) is 23.3 Å². The summed E-state index contributed by atoms with van der Waals surface area (Å²) in [6, 6.07) is 3.47. The lowest BCUT2D eigenvalue weighted by Crippen LogP contribution is -2.45. The van der Waals surface area contributed by atoms with Gasteiger partial charge in [-0.15, -0.1) is 0 Å². The molecule has 1 aromatic carbocycles. The Hall–Kier alpha value is -1.11. The normalized spacial score (nSPS) is 12.5. The van der Waals surface area contributed by atoms with Crippen LogP contribution in [0, 0.1) is 13.8 Å². The van der Waals surface area contributed by atoms with Crippen LogP contribution in [0.5, 0.6) is 5.75 Å². The third-order valence-corrected chi connectivity index (χ3v) is 4.00. The predicted octanol–water partition coefficient (Wildman–Crippen LogP) is 1.33. The number of hydrogen-bond donors (Lipinski definition) is 2. The van der Waals surface area contributed by atoms with Crippen LogP contribution in [0.3, 0.4) is 0 Å². The third kappa shape index (κ3) is 4.19. The molecule has 0 atom stereocenters. The molecule has 0 bridgehead atoms. The second kappa shape index (κ2) is 5.48. The summed E-state index contributed by atoms with van der Waals surface area (Å²) in [6.45, 7) is 7.34. The molecule has 0 unspecified atom stereocenters. The Bertz CT molecular complexity index is 560. The summed E-state index contributed by atoms with van der Waals surface area (Å²) < 4.78 is 32.3. The molecule has 1 aromatic rings. The van der Waals surface area contributed by atoms with Crippen LogP contribution in [0.25, 0.3) is 0 Å². The molecule has 0 amide bonds. The number of rotatable bonds is 5. The van der Waals surface area contributed by atoms with E-state index in [4.69, 9.17) is 10.5 Å². The van der Waals surface area contributed by atoms with Gasteiger partial charge in [-0.25, -0.2) is 13.1 Å². The zero-order valence-electron chi connectivity index (χ0n) is 12.1. The first-order chi connectivity index (χ1) is 8.57. The number of nitrogens with one attached hydrogen (secondary N) is 1. The molecule has 0 aliphatic carbocycles. The van der Waals surface area contributed by atoms with Crippen molar-refractivity contribution >= 4 is 10.0 Å². The van der Waals surface area contributed by atoms with E-state index in [1.807, 2.05) is 19.9 Å². The number of ether oxygens (including phenoxy) is 1. The number of methoxy groups -OCH3 is 1. The van der Waals surface area contributed by atoms with Gasteiger partial charge in [0, 0.05) is 12.1 Å². The van der Waals surface area contributed by atoms with Crippen LogP contribution >= 0.6 is 0 Å². The molecule has 1 rings (SSSR count). The van der Waals surface area contributed by atoms with Crippen molar-refractivity contribution in [3.63, 3.8) is 0 Å². The topological polar surface area (TPSA) is 81.4 Å². The van der Waals surface area contributed by atoms with E-state index in [-0.39, 0.29) is 11.4 Å². The van der Waals surface area contributed by atoms with Crippen molar-refractivity contribution in [1.82, 2.24) is 4.72 Å². The summed E-state index contributed by atoms with van der Waals surface area (Å²) in [5, 5.41) is 0. The minimum atomic E-state index is -3.64. The predicted molar refractivity (Wildman–Crippen MR) is 75.9 cm³/mol. The standard InChI is InChI=1S/C13H22N2O3S/c1-9-6-10(2)12(18-5)11(7-9)19(16,17)15-8-13(3,4)14/h6-7,15H,8,14H2,1-5H3. The van der Waals surface area contributed by atoms with E-state index in [9.17, 15) is 8.42 Å². The molecule has 3 N–H and O–H groups in total. The van der Waals surface area contributed by atoms with E-state index in [0.29, 0.717) is 5.75 Å². The maximum absolute atomic E-state index is 12.3. The lowest BCUT2D eigenvalue weighted by molar-refractivity contribution is 0.398. The summed E-state index contributed by atoms with van der Waals surface area (Å²) in [5.74, 6) is 0.368. The first-order valence-electron chi connectivity index (χ1n) is 6.00. The van der Waals surface area contributed by atoms with Crippen LogP contribution in [-0.4, -0.2) is 27.6 Å². The van der Waals surface area contributed by atoms with Gasteiger partial charge in [-0.1, -0.05) is 6.07 Å². The van der Waals surface area contributed by atoms with Crippen molar-refractivity contribution in [3.8, 4) is 5.75 Å². The highest BCUT2D eigenvalue weighted by atomic mass is 32.2. The summed E-state index contributed by atoms with van der Waals surface area (Å²) in [5.41, 5.74) is 6.83. The Balaban J connectivity index is 3.21. The Labute approximate surface area is 115 Å². The minimum Gasteiger partial charge on any atom is -0.495 e. The molecule has 5 nitrogen and oxygen atoms in total. The van der Waals surface area contributed by atoms with Gasteiger partial charge in [-0.2, -0.15) is 0 Å². The summed E-state index contributed by atoms with van der Waals surface area (Å²) >= 11 is 0. The van der Waals surface area contributed by atoms with E-state index < -0.39 is 15.6 Å². The number of sulfonamides is 1. The third-order valence-electron chi connectivity index (χ3n) is 2.60. The molecule has 0 saturated carbocycles. The molecule has 0 aliphatic heterocycles. The van der Waals surface area contributed by atoms with Crippen molar-refractivity contribution in [2.45, 2.75) is 38.1 Å². The van der Waals surface area contributed by atoms with Crippen molar-refractivity contribution in [2.75, 3.05) is 13.7 Å². The van der Waals surface area contributed by atoms with Gasteiger partial charge >= 0.3 is 0 Å². The average molecular weight is 286 g/mol. The highest BCUT2D eigenvalue weighted by molar-refractivity contribution is 7.89. The second-order valence-electron chi connectivity index (χ2n) is 5.43. The fourth-order valence-electron chi connectivity index (χ4n) is 1.74. The van der Waals surface area contributed by atoms with Crippen LogP contribution in [0.2, 0.25) is 0 Å². The first kappa shape index (κ1) is 15.9. The molecule has 0 fully saturated rings. The van der Waals surface area contributed by atoms with E-state index in [1.54, 1.807) is 19.9 Å². The van der Waals surface area contributed by atoms with Gasteiger partial charge in [-0.05, 0) is 44.9 Å². The van der Waals surface area contributed by atoms with Crippen molar-refractivity contribution in [2.24, 2.45) is 5.73 Å². The number of hydrogen-bond acceptors (Lipinski definition) is 4. The van der Waals surface area contributed by atoms with Gasteiger partial charge in [0.15, 0.2) is 0 Å². The van der Waals surface area contributed by atoms with Crippen LogP contribution in [0.4, 0.5) is 0 Å². The average Bonchev–Trinajstić information content (AvgIpc) is 2.25. The molecule has 0 aliphatic rings. The number of nitrogens with two attached hydrogens (primary N) is 1. The lowest BCUT2D eigenvalue weighted by Gasteiger charge is -2.20. The second-order valence-corrected chi connectivity index (χ2v) is 7.16. The molecule has 6 heteroatoms. The minimum absolute atomic E-state index is 0.150. The van der Waals surface area contributed by atoms with Crippen LogP contribution in [0.1, 0.15) is 25.0 Å². The fourth-order valence-corrected chi connectivity index (χ4v) is 3.28. The summed E-state index contributed by atoms with van der Waals surface area (Å²) in [7, 11) is -2.17. The molecular weight excluding hydrogens is 264 g/mol. The van der Waals surface area contributed by atoms with Gasteiger partial charge < -0.3 is 10.5 Å². The molecule has 0 radical (unpaired) electrons. The molecule has 0 aromatic heterocycles. The lowest BCUT2D eigenvalue weighted by atomic mass is 10.1. The molecule has 0 saturated heterocycles. The fraction of sp³-hybridized carbons (Fsp3) is 0.538. The first-order valence-corrected chi connectivity index (χ1v) is 7.49. The van der Waals surface area contributed by atoms with Gasteiger partial charge in [0.2, 0.25) is 10.0 Å². The molecule has 0 spiro atoms. The van der Waals surface area contributed by atoms with Gasteiger partial charge in [-0.3, -0.25) is 0 Å². The highest BCUT2D eigenvalue weighted by Crippen LogP contribution is 2.28. The van der Waals surface area contributed by atoms with E-state index in [1.165, 1.54) is 7.11 Å². The Morgan fingerprint density at radius 1 is 1.32 bits per heavy atom. The van der Waals surface area contributed by atoms with Crippen molar-refractivity contribution < 1.29 is 13.2 Å². The van der Waals surface area contributed by atoms with Crippen LogP contribution in [-0.2, 0) is 10.0 Å². The number of benzene rings is 1. The Morgan fingerprint density at radius 3 is 2.37 bits per heavy atom. The summed E-state index contributed by atoms with van der Waals surface area (Å²) in [4.78, 5) is 0.150. The van der Waals surface area contributed by atoms with Crippen LogP contribution < -0.4 is 15.2 Å². The Morgan fingerprint density at radius 2 is 1.89 bits per heavy atom. The SMILES string of the molecule is COc1c(C)cc(C)cc1S(=O)(=O)NCC(C)(C)N. The maximum atomic E-state index is 12.3. The molecule has 108 valence electrons. The van der Waals surface area contributed by atoms with Gasteiger partial charge in [0.1, 0.15) is 10.6 Å². The molecule has 19 heavy (non-hydrogen) atoms. The zero-order chi connectivity index (χ0) is 14.8. The van der Waals surface area contributed by atoms with Crippen molar-refractivity contribution in [1.29, 1.82) is 0 Å². The van der Waals surface area contributed by atoms with E-state index in [0.717, 1.165) is 11.1 Å². The van der Waals surface area contributed by atoms with E-state index in [2.05, 4.69) is 4.72 Å². The number of aryl methyl sites for hydroxylation is 2. The van der Waals surface area contributed by atoms with E-state index >= 15 is 0 Å². The molecule has 0 heterocycles. The largest absolute Gasteiger partial charge is 0.495 e. The quantitative estimate of drug-likeness (QED) is 0.855.